The van der Waals surface area contributed by atoms with Gasteiger partial charge in [-0.2, -0.15) is 0 Å². The molecule has 0 atom stereocenters. The molecule has 0 unspecified atom stereocenters. The number of thiazole rings is 2. The van der Waals surface area contributed by atoms with Crippen molar-refractivity contribution in [1.29, 1.82) is 0 Å². The van der Waals surface area contributed by atoms with Gasteiger partial charge in [-0.1, -0.05) is 22.7 Å². The van der Waals surface area contributed by atoms with Crippen LogP contribution in [0.3, 0.4) is 0 Å². The lowest BCUT2D eigenvalue weighted by Crippen LogP contribution is -2.14. The molecule has 0 aliphatic rings. The second-order valence-electron chi connectivity index (χ2n) is 7.19. The molecule has 0 saturated carbocycles. The average molecular weight is 491 g/mol. The number of carbonyl (C=O) groups excluding carboxylic acids is 2. The molecule has 5 aromatic rings. The van der Waals surface area contributed by atoms with E-state index in [0.29, 0.717) is 21.4 Å². The monoisotopic (exact) mass is 490 g/mol. The van der Waals surface area contributed by atoms with Gasteiger partial charge in [0.05, 0.1) is 34.7 Å². The van der Waals surface area contributed by atoms with Crippen LogP contribution in [0.2, 0.25) is 0 Å². The van der Waals surface area contributed by atoms with Gasteiger partial charge in [-0.3, -0.25) is 20.2 Å². The smallest absolute Gasteiger partial charge is 0.257 e. The Morgan fingerprint density at radius 1 is 0.676 bits per heavy atom. The van der Waals surface area contributed by atoms with Gasteiger partial charge in [0.25, 0.3) is 11.8 Å². The van der Waals surface area contributed by atoms with Crippen molar-refractivity contribution in [2.45, 2.75) is 0 Å². The van der Waals surface area contributed by atoms with Crippen LogP contribution in [0.1, 0.15) is 20.7 Å². The molecule has 2 heterocycles. The van der Waals surface area contributed by atoms with E-state index in [1.54, 1.807) is 38.5 Å². The van der Waals surface area contributed by atoms with Gasteiger partial charge in [0, 0.05) is 11.1 Å². The van der Waals surface area contributed by atoms with Gasteiger partial charge in [0.1, 0.15) is 11.5 Å². The number of hydrogen-bond donors (Lipinski definition) is 2. The van der Waals surface area contributed by atoms with Crippen LogP contribution in [0.25, 0.3) is 20.4 Å². The molecule has 0 fully saturated rings. The number of ether oxygens (including phenoxy) is 2. The van der Waals surface area contributed by atoms with E-state index >= 15 is 0 Å². The molecule has 0 bridgehead atoms. The van der Waals surface area contributed by atoms with Crippen LogP contribution in [0.15, 0.2) is 60.7 Å². The van der Waals surface area contributed by atoms with E-state index in [2.05, 4.69) is 20.6 Å². The summed E-state index contributed by atoms with van der Waals surface area (Å²) in [7, 11) is 3.20. The molecule has 8 nitrogen and oxygen atoms in total. The predicted molar refractivity (Wildman–Crippen MR) is 135 cm³/mol. The van der Waals surface area contributed by atoms with Crippen molar-refractivity contribution in [2.75, 3.05) is 24.9 Å². The summed E-state index contributed by atoms with van der Waals surface area (Å²) in [5.41, 5.74) is 2.39. The number of amides is 2. The number of aromatic nitrogens is 2. The second kappa shape index (κ2) is 9.08. The SMILES string of the molecule is COc1ccc2nc(NC(=O)c3ccc(C(=O)Nc4nc5ccc(OC)cc5s4)cc3)sc2c1. The third-order valence-corrected chi connectivity index (χ3v) is 6.91. The van der Waals surface area contributed by atoms with Gasteiger partial charge in [-0.15, -0.1) is 0 Å². The van der Waals surface area contributed by atoms with Crippen molar-refractivity contribution in [3.8, 4) is 11.5 Å². The zero-order valence-electron chi connectivity index (χ0n) is 18.1. The van der Waals surface area contributed by atoms with Gasteiger partial charge in [0.2, 0.25) is 0 Å². The van der Waals surface area contributed by atoms with Crippen LogP contribution < -0.4 is 20.1 Å². The van der Waals surface area contributed by atoms with Crippen LogP contribution in [0, 0.1) is 0 Å². The maximum absolute atomic E-state index is 12.6. The Hall–Kier alpha value is -4.02. The molecule has 170 valence electrons. The largest absolute Gasteiger partial charge is 0.497 e. The minimum atomic E-state index is -0.307. The fraction of sp³-hybridized carbons (Fsp3) is 0.0833. The van der Waals surface area contributed by atoms with Crippen molar-refractivity contribution in [2.24, 2.45) is 0 Å². The van der Waals surface area contributed by atoms with E-state index in [0.717, 1.165) is 31.9 Å². The molecule has 3 aromatic carbocycles. The summed E-state index contributed by atoms with van der Waals surface area (Å²) in [5.74, 6) is 0.845. The number of carbonyl (C=O) groups is 2. The average Bonchev–Trinajstić information content (AvgIpc) is 3.45. The summed E-state index contributed by atoms with van der Waals surface area (Å²) in [6.45, 7) is 0. The fourth-order valence-electron chi connectivity index (χ4n) is 3.28. The minimum Gasteiger partial charge on any atom is -0.497 e. The fourth-order valence-corrected chi connectivity index (χ4v) is 5.06. The normalized spacial score (nSPS) is 10.9. The summed E-state index contributed by atoms with van der Waals surface area (Å²) in [4.78, 5) is 34.2. The van der Waals surface area contributed by atoms with Crippen LogP contribution >= 0.6 is 22.7 Å². The zero-order chi connectivity index (χ0) is 23.7. The topological polar surface area (TPSA) is 102 Å². The summed E-state index contributed by atoms with van der Waals surface area (Å²) < 4.78 is 12.3. The van der Waals surface area contributed by atoms with Gasteiger partial charge >= 0.3 is 0 Å². The highest BCUT2D eigenvalue weighted by atomic mass is 32.1. The molecule has 0 aliphatic carbocycles. The van der Waals surface area contributed by atoms with E-state index in [9.17, 15) is 9.59 Å². The zero-order valence-corrected chi connectivity index (χ0v) is 19.8. The first kappa shape index (κ1) is 21.8. The highest BCUT2D eigenvalue weighted by molar-refractivity contribution is 7.22. The Labute approximate surface area is 202 Å². The lowest BCUT2D eigenvalue weighted by Gasteiger charge is -2.04. The van der Waals surface area contributed by atoms with Crippen molar-refractivity contribution < 1.29 is 19.1 Å². The lowest BCUT2D eigenvalue weighted by molar-refractivity contribution is 0.101. The maximum atomic E-state index is 12.6. The highest BCUT2D eigenvalue weighted by Gasteiger charge is 2.14. The Morgan fingerprint density at radius 3 is 1.47 bits per heavy atom. The first-order chi connectivity index (χ1) is 16.5. The third kappa shape index (κ3) is 4.41. The molecule has 2 amide bonds. The highest BCUT2D eigenvalue weighted by Crippen LogP contribution is 2.30. The first-order valence-corrected chi connectivity index (χ1v) is 11.8. The standard InChI is InChI=1S/C24H18N4O4S2/c1-31-15-7-9-17-19(11-15)33-23(25-17)27-21(29)13-3-5-14(6-4-13)22(30)28-24-26-18-10-8-16(32-2)12-20(18)34-24/h3-12H,1-2H3,(H,25,27,29)(H,26,28,30). The molecule has 10 heteroatoms. The van der Waals surface area contributed by atoms with Crippen molar-refractivity contribution >= 4 is 65.2 Å². The van der Waals surface area contributed by atoms with Crippen LogP contribution in [-0.4, -0.2) is 36.0 Å². The molecule has 0 radical (unpaired) electrons. The lowest BCUT2D eigenvalue weighted by atomic mass is 10.1. The van der Waals surface area contributed by atoms with Gasteiger partial charge in [-0.25, -0.2) is 9.97 Å². The molecule has 0 spiro atoms. The van der Waals surface area contributed by atoms with E-state index in [4.69, 9.17) is 9.47 Å². The molecule has 2 N–H and O–H groups in total. The van der Waals surface area contributed by atoms with Crippen LogP contribution in [0.5, 0.6) is 11.5 Å². The summed E-state index contributed by atoms with van der Waals surface area (Å²) >= 11 is 2.72. The van der Waals surface area contributed by atoms with E-state index in [1.807, 2.05) is 36.4 Å². The van der Waals surface area contributed by atoms with Crippen LogP contribution in [-0.2, 0) is 0 Å². The third-order valence-electron chi connectivity index (χ3n) is 5.04. The number of benzene rings is 3. The number of nitrogens with zero attached hydrogens (tertiary/aromatic N) is 2. The molecule has 0 saturated heterocycles. The number of nitrogens with one attached hydrogen (secondary N) is 2. The predicted octanol–water partition coefficient (Wildman–Crippen LogP) is 5.43. The summed E-state index contributed by atoms with van der Waals surface area (Å²) in [6.07, 6.45) is 0. The van der Waals surface area contributed by atoms with Gasteiger partial charge in [-0.05, 0) is 60.7 Å². The van der Waals surface area contributed by atoms with E-state index in [-0.39, 0.29) is 11.8 Å². The number of methoxy groups -OCH3 is 2. The summed E-state index contributed by atoms with van der Waals surface area (Å²) in [6, 6.07) is 17.5. The summed E-state index contributed by atoms with van der Waals surface area (Å²) in [5, 5.41) is 6.59. The Bertz CT molecular complexity index is 1410. The first-order valence-electron chi connectivity index (χ1n) is 10.1. The van der Waals surface area contributed by atoms with E-state index in [1.165, 1.54) is 22.7 Å². The van der Waals surface area contributed by atoms with Crippen molar-refractivity contribution in [1.82, 2.24) is 9.97 Å². The quantitative estimate of drug-likeness (QED) is 0.329. The van der Waals surface area contributed by atoms with E-state index < -0.39 is 0 Å². The second-order valence-corrected chi connectivity index (χ2v) is 9.25. The van der Waals surface area contributed by atoms with Gasteiger partial charge in [0.15, 0.2) is 10.3 Å². The molecule has 0 aliphatic heterocycles. The van der Waals surface area contributed by atoms with Crippen molar-refractivity contribution in [3.63, 3.8) is 0 Å². The number of fused-ring (bicyclic) bond motifs is 2. The maximum Gasteiger partial charge on any atom is 0.257 e. The van der Waals surface area contributed by atoms with Gasteiger partial charge < -0.3 is 9.47 Å². The van der Waals surface area contributed by atoms with Crippen molar-refractivity contribution in [3.05, 3.63) is 71.8 Å². The number of hydrogen-bond acceptors (Lipinski definition) is 8. The minimum absolute atomic E-state index is 0.307. The molecular formula is C24H18N4O4S2. The number of anilines is 2. The molecule has 5 rings (SSSR count). The molecule has 2 aromatic heterocycles. The Kier molecular flexibility index (Phi) is 5.83. The number of rotatable bonds is 6. The Balaban J connectivity index is 1.26. The Morgan fingerprint density at radius 2 is 1.09 bits per heavy atom. The van der Waals surface area contributed by atoms with Crippen LogP contribution in [0.4, 0.5) is 10.3 Å². The molecular weight excluding hydrogens is 472 g/mol. The molecule has 34 heavy (non-hydrogen) atoms.